The molecule has 0 atom stereocenters. The van der Waals surface area contributed by atoms with Crippen LogP contribution in [0.4, 0.5) is 10.1 Å². The molecular formula is C14H11FN2O. The Balaban J connectivity index is 1.92. The minimum Gasteiger partial charge on any atom is -0.440 e. The molecule has 0 aliphatic rings. The second-order valence-electron chi connectivity index (χ2n) is 4.14. The summed E-state index contributed by atoms with van der Waals surface area (Å²) in [6.07, 6.45) is 0.537. The van der Waals surface area contributed by atoms with Crippen molar-refractivity contribution in [2.24, 2.45) is 0 Å². The first-order chi connectivity index (χ1) is 8.70. The van der Waals surface area contributed by atoms with Gasteiger partial charge in [-0.1, -0.05) is 12.1 Å². The summed E-state index contributed by atoms with van der Waals surface area (Å²) in [6, 6.07) is 11.6. The van der Waals surface area contributed by atoms with Crippen LogP contribution in [0.3, 0.4) is 0 Å². The Morgan fingerprint density at radius 3 is 2.67 bits per heavy atom. The molecule has 3 rings (SSSR count). The summed E-state index contributed by atoms with van der Waals surface area (Å²) in [7, 11) is 0. The predicted octanol–water partition coefficient (Wildman–Crippen LogP) is 3.14. The van der Waals surface area contributed by atoms with Crippen LogP contribution in [0, 0.1) is 5.82 Å². The number of hydrogen-bond donors (Lipinski definition) is 1. The molecule has 2 aromatic carbocycles. The standard InChI is InChI=1S/C14H11FN2O/c15-10-3-1-9(2-4-10)7-14-17-12-8-11(16)5-6-13(12)18-14/h1-6,8H,7,16H2. The molecule has 3 aromatic rings. The Kier molecular flexibility index (Phi) is 2.48. The summed E-state index contributed by atoms with van der Waals surface area (Å²) >= 11 is 0. The van der Waals surface area contributed by atoms with E-state index in [9.17, 15) is 4.39 Å². The Bertz CT molecular complexity index is 689. The lowest BCUT2D eigenvalue weighted by Crippen LogP contribution is -1.88. The van der Waals surface area contributed by atoms with Gasteiger partial charge in [0.25, 0.3) is 0 Å². The summed E-state index contributed by atoms with van der Waals surface area (Å²) in [5.41, 5.74) is 8.74. The highest BCUT2D eigenvalue weighted by Crippen LogP contribution is 2.20. The van der Waals surface area contributed by atoms with Crippen molar-refractivity contribution in [3.63, 3.8) is 0 Å². The Morgan fingerprint density at radius 2 is 1.89 bits per heavy atom. The molecule has 0 amide bonds. The fourth-order valence-electron chi connectivity index (χ4n) is 1.84. The lowest BCUT2D eigenvalue weighted by Gasteiger charge is -1.96. The molecule has 90 valence electrons. The molecular weight excluding hydrogens is 231 g/mol. The molecule has 18 heavy (non-hydrogen) atoms. The first kappa shape index (κ1) is 10.8. The third kappa shape index (κ3) is 2.05. The summed E-state index contributed by atoms with van der Waals surface area (Å²) < 4.78 is 18.4. The predicted molar refractivity (Wildman–Crippen MR) is 67.6 cm³/mol. The van der Waals surface area contributed by atoms with Gasteiger partial charge in [0.2, 0.25) is 0 Å². The second kappa shape index (κ2) is 4.14. The third-order valence-electron chi connectivity index (χ3n) is 2.72. The van der Waals surface area contributed by atoms with Gasteiger partial charge in [0.15, 0.2) is 11.5 Å². The summed E-state index contributed by atoms with van der Waals surface area (Å²) in [5.74, 6) is 0.353. The van der Waals surface area contributed by atoms with Gasteiger partial charge in [-0.05, 0) is 35.9 Å². The topological polar surface area (TPSA) is 52.0 Å². The maximum atomic E-state index is 12.8. The molecule has 0 saturated heterocycles. The van der Waals surface area contributed by atoms with Crippen LogP contribution in [0.1, 0.15) is 11.5 Å². The van der Waals surface area contributed by atoms with Gasteiger partial charge >= 0.3 is 0 Å². The number of hydrogen-bond acceptors (Lipinski definition) is 3. The molecule has 1 aromatic heterocycles. The average molecular weight is 242 g/mol. The SMILES string of the molecule is Nc1ccc2oc(Cc3ccc(F)cc3)nc2c1. The van der Waals surface area contributed by atoms with E-state index in [0.717, 1.165) is 11.1 Å². The van der Waals surface area contributed by atoms with E-state index in [1.54, 1.807) is 30.3 Å². The monoisotopic (exact) mass is 242 g/mol. The zero-order valence-electron chi connectivity index (χ0n) is 9.56. The number of nitrogen functional groups attached to an aromatic ring is 1. The van der Waals surface area contributed by atoms with E-state index < -0.39 is 0 Å². The van der Waals surface area contributed by atoms with Crippen LogP contribution in [0.25, 0.3) is 11.1 Å². The smallest absolute Gasteiger partial charge is 0.199 e. The van der Waals surface area contributed by atoms with E-state index in [4.69, 9.17) is 10.2 Å². The number of fused-ring (bicyclic) bond motifs is 1. The van der Waals surface area contributed by atoms with Crippen LogP contribution in [-0.4, -0.2) is 4.98 Å². The summed E-state index contributed by atoms with van der Waals surface area (Å²) in [5, 5.41) is 0. The average Bonchev–Trinajstić information content (AvgIpc) is 2.73. The van der Waals surface area contributed by atoms with E-state index in [0.29, 0.717) is 23.6 Å². The number of oxazole rings is 1. The van der Waals surface area contributed by atoms with Crippen molar-refractivity contribution in [2.45, 2.75) is 6.42 Å². The number of benzene rings is 2. The van der Waals surface area contributed by atoms with Crippen LogP contribution < -0.4 is 5.73 Å². The van der Waals surface area contributed by atoms with Crippen molar-refractivity contribution in [3.05, 3.63) is 59.7 Å². The minimum absolute atomic E-state index is 0.246. The maximum Gasteiger partial charge on any atom is 0.199 e. The van der Waals surface area contributed by atoms with Gasteiger partial charge < -0.3 is 10.2 Å². The molecule has 3 nitrogen and oxygen atoms in total. The van der Waals surface area contributed by atoms with Crippen LogP contribution in [0.15, 0.2) is 46.9 Å². The first-order valence-electron chi connectivity index (χ1n) is 5.60. The number of nitrogens with zero attached hydrogens (tertiary/aromatic N) is 1. The highest BCUT2D eigenvalue weighted by atomic mass is 19.1. The van der Waals surface area contributed by atoms with Gasteiger partial charge in [-0.3, -0.25) is 0 Å². The highest BCUT2D eigenvalue weighted by molar-refractivity contribution is 5.76. The van der Waals surface area contributed by atoms with Crippen molar-refractivity contribution in [3.8, 4) is 0 Å². The van der Waals surface area contributed by atoms with Crippen molar-refractivity contribution in [2.75, 3.05) is 5.73 Å². The van der Waals surface area contributed by atoms with Gasteiger partial charge in [0, 0.05) is 12.1 Å². The number of aromatic nitrogens is 1. The molecule has 0 aliphatic carbocycles. The molecule has 0 fully saturated rings. The van der Waals surface area contributed by atoms with Gasteiger partial charge in [-0.25, -0.2) is 9.37 Å². The molecule has 0 radical (unpaired) electrons. The van der Waals surface area contributed by atoms with Crippen molar-refractivity contribution in [1.82, 2.24) is 4.98 Å². The van der Waals surface area contributed by atoms with Crippen LogP contribution in [0.5, 0.6) is 0 Å². The van der Waals surface area contributed by atoms with Gasteiger partial charge in [-0.15, -0.1) is 0 Å². The van der Waals surface area contributed by atoms with E-state index in [-0.39, 0.29) is 5.82 Å². The van der Waals surface area contributed by atoms with Crippen LogP contribution >= 0.6 is 0 Å². The molecule has 0 aliphatic heterocycles. The Morgan fingerprint density at radius 1 is 1.11 bits per heavy atom. The normalized spacial score (nSPS) is 10.9. The molecule has 0 bridgehead atoms. The van der Waals surface area contributed by atoms with Gasteiger partial charge in [-0.2, -0.15) is 0 Å². The summed E-state index contributed by atoms with van der Waals surface area (Å²) in [4.78, 5) is 4.35. The maximum absolute atomic E-state index is 12.8. The van der Waals surface area contributed by atoms with Crippen molar-refractivity contribution < 1.29 is 8.81 Å². The lowest BCUT2D eigenvalue weighted by molar-refractivity contribution is 0.543. The van der Waals surface area contributed by atoms with E-state index >= 15 is 0 Å². The van der Waals surface area contributed by atoms with E-state index in [1.165, 1.54) is 12.1 Å². The minimum atomic E-state index is -0.246. The van der Waals surface area contributed by atoms with Crippen LogP contribution in [0.2, 0.25) is 0 Å². The van der Waals surface area contributed by atoms with Gasteiger partial charge in [0.1, 0.15) is 11.3 Å². The molecule has 4 heteroatoms. The number of nitrogens with two attached hydrogens (primary N) is 1. The molecule has 0 unspecified atom stereocenters. The number of halogens is 1. The van der Waals surface area contributed by atoms with Gasteiger partial charge in [0.05, 0.1) is 0 Å². The van der Waals surface area contributed by atoms with Crippen molar-refractivity contribution in [1.29, 1.82) is 0 Å². The lowest BCUT2D eigenvalue weighted by atomic mass is 10.1. The largest absolute Gasteiger partial charge is 0.440 e. The molecule has 2 N–H and O–H groups in total. The second-order valence-corrected chi connectivity index (χ2v) is 4.14. The Labute approximate surface area is 103 Å². The zero-order chi connectivity index (χ0) is 12.5. The van der Waals surface area contributed by atoms with Crippen LogP contribution in [-0.2, 0) is 6.42 Å². The highest BCUT2D eigenvalue weighted by Gasteiger charge is 2.06. The molecule has 0 saturated carbocycles. The zero-order valence-corrected chi connectivity index (χ0v) is 9.56. The van der Waals surface area contributed by atoms with E-state index in [1.807, 2.05) is 0 Å². The number of anilines is 1. The Hall–Kier alpha value is -2.36. The van der Waals surface area contributed by atoms with E-state index in [2.05, 4.69) is 4.98 Å². The number of rotatable bonds is 2. The first-order valence-corrected chi connectivity index (χ1v) is 5.60. The fourth-order valence-corrected chi connectivity index (χ4v) is 1.84. The molecule has 1 heterocycles. The fraction of sp³-hybridized carbons (Fsp3) is 0.0714. The quantitative estimate of drug-likeness (QED) is 0.702. The van der Waals surface area contributed by atoms with Crippen molar-refractivity contribution >= 4 is 16.8 Å². The summed E-state index contributed by atoms with van der Waals surface area (Å²) in [6.45, 7) is 0. The third-order valence-corrected chi connectivity index (χ3v) is 2.72. The molecule has 0 spiro atoms.